The highest BCUT2D eigenvalue weighted by Gasteiger charge is 2.55. The van der Waals surface area contributed by atoms with Crippen LogP contribution in [0.15, 0.2) is 24.3 Å². The van der Waals surface area contributed by atoms with Gasteiger partial charge in [-0.3, -0.25) is 4.72 Å². The highest BCUT2D eigenvalue weighted by atomic mass is 127. The van der Waals surface area contributed by atoms with E-state index in [4.69, 9.17) is 9.84 Å². The van der Waals surface area contributed by atoms with E-state index in [0.29, 0.717) is 3.57 Å². The lowest BCUT2D eigenvalue weighted by atomic mass is 10.2. The number of methoxy groups -OCH3 is 1. The molecule has 0 aliphatic heterocycles. The quantitative estimate of drug-likeness (QED) is 0.343. The molecule has 0 bridgehead atoms. The minimum absolute atomic E-state index is 0.193. The van der Waals surface area contributed by atoms with Crippen molar-refractivity contribution in [2.45, 2.75) is 30.1 Å². The number of nitrogens with one attached hydrogen (secondary N) is 2. The predicted molar refractivity (Wildman–Crippen MR) is 118 cm³/mol. The zero-order valence-electron chi connectivity index (χ0n) is 16.3. The van der Waals surface area contributed by atoms with Gasteiger partial charge in [0.1, 0.15) is 11.5 Å². The normalized spacial score (nSPS) is 16.0. The number of hydrogen-bond acceptors (Lipinski definition) is 6. The van der Waals surface area contributed by atoms with Crippen molar-refractivity contribution in [2.24, 2.45) is 0 Å². The molecule has 31 heavy (non-hydrogen) atoms. The first kappa shape index (κ1) is 23.9. The predicted octanol–water partition coefficient (Wildman–Crippen LogP) is 3.48. The molecule has 7 nitrogen and oxygen atoms in total. The van der Waals surface area contributed by atoms with E-state index < -0.39 is 62.1 Å². The molecule has 0 spiro atoms. The van der Waals surface area contributed by atoms with Crippen LogP contribution in [0.4, 0.5) is 30.2 Å². The summed E-state index contributed by atoms with van der Waals surface area (Å²) in [6.45, 7) is -0.616. The Kier molecular flexibility index (Phi) is 6.93. The van der Waals surface area contributed by atoms with Crippen LogP contribution in [-0.4, -0.2) is 43.2 Å². The lowest BCUT2D eigenvalue weighted by molar-refractivity contribution is 0.0858. The molecule has 1 saturated carbocycles. The number of halogens is 4. The molecular formula is C19H20F3IN2O5S. The first-order valence-electron chi connectivity index (χ1n) is 9.13. The topological polar surface area (TPSA) is 108 Å². The van der Waals surface area contributed by atoms with Crippen LogP contribution in [0.25, 0.3) is 0 Å². The molecule has 1 fully saturated rings. The van der Waals surface area contributed by atoms with Gasteiger partial charge in [0.05, 0.1) is 35.9 Å². The van der Waals surface area contributed by atoms with Gasteiger partial charge >= 0.3 is 0 Å². The van der Waals surface area contributed by atoms with Crippen molar-refractivity contribution in [1.29, 1.82) is 0 Å². The zero-order valence-corrected chi connectivity index (χ0v) is 19.2. The van der Waals surface area contributed by atoms with Crippen LogP contribution in [0.2, 0.25) is 0 Å². The molecule has 0 heterocycles. The van der Waals surface area contributed by atoms with Gasteiger partial charge in [0.15, 0.2) is 11.6 Å². The molecular weight excluding hydrogens is 552 g/mol. The maximum Gasteiger partial charge on any atom is 0.238 e. The first-order valence-corrected chi connectivity index (χ1v) is 11.7. The molecule has 1 aliphatic rings. The van der Waals surface area contributed by atoms with Crippen LogP contribution in [-0.2, 0) is 10.0 Å². The fraction of sp³-hybridized carbons (Fsp3) is 0.368. The summed E-state index contributed by atoms with van der Waals surface area (Å²) in [5.74, 6) is -4.14. The van der Waals surface area contributed by atoms with E-state index in [-0.39, 0.29) is 24.9 Å². The second kappa shape index (κ2) is 9.00. The summed E-state index contributed by atoms with van der Waals surface area (Å²) < 4.78 is 75.6. The lowest BCUT2D eigenvalue weighted by Crippen LogP contribution is -2.34. The van der Waals surface area contributed by atoms with E-state index in [9.17, 15) is 26.7 Å². The van der Waals surface area contributed by atoms with Crippen molar-refractivity contribution in [2.75, 3.05) is 23.8 Å². The van der Waals surface area contributed by atoms with Crippen LogP contribution in [0.1, 0.15) is 19.3 Å². The Morgan fingerprint density at radius 2 is 1.87 bits per heavy atom. The number of rotatable bonds is 9. The van der Waals surface area contributed by atoms with Crippen LogP contribution in [0, 0.1) is 21.0 Å². The Labute approximate surface area is 190 Å². The van der Waals surface area contributed by atoms with Gasteiger partial charge in [-0.2, -0.15) is 4.39 Å². The van der Waals surface area contributed by atoms with Crippen molar-refractivity contribution in [3.05, 3.63) is 45.3 Å². The minimum atomic E-state index is -4.19. The van der Waals surface area contributed by atoms with E-state index in [1.165, 1.54) is 18.2 Å². The molecule has 2 aromatic rings. The largest absolute Gasteiger partial charge is 0.493 e. The Morgan fingerprint density at radius 1 is 1.19 bits per heavy atom. The first-order chi connectivity index (χ1) is 14.5. The smallest absolute Gasteiger partial charge is 0.238 e. The van der Waals surface area contributed by atoms with E-state index in [2.05, 4.69) is 10.0 Å². The monoisotopic (exact) mass is 572 g/mol. The lowest BCUT2D eigenvalue weighted by Gasteiger charge is -2.22. The Hall–Kier alpha value is -1.77. The third-order valence-corrected chi connectivity index (χ3v) is 7.90. The molecule has 4 N–H and O–H groups in total. The fourth-order valence-corrected chi connectivity index (χ4v) is 5.32. The second-order valence-corrected chi connectivity index (χ2v) is 10.5. The van der Waals surface area contributed by atoms with Gasteiger partial charge in [-0.15, -0.1) is 0 Å². The SMILES string of the molecule is COc1cc(NS(=O)(=O)C2(C[C@H](O)CO)CC2)c(Nc2ccc(I)cc2F)c(F)c1F. The van der Waals surface area contributed by atoms with Crippen molar-refractivity contribution >= 4 is 49.7 Å². The maximum absolute atomic E-state index is 14.8. The van der Waals surface area contributed by atoms with Crippen LogP contribution >= 0.6 is 22.6 Å². The van der Waals surface area contributed by atoms with E-state index in [0.717, 1.165) is 13.2 Å². The Balaban J connectivity index is 2.03. The standard InChI is InChI=1S/C19H20F3IN2O5S/c1-30-15-7-14(25-31(28,29)19(4-5-19)8-11(27)9-26)18(17(22)16(15)21)24-13-3-2-10(23)6-12(13)20/h2-3,6-7,11,24-27H,4-5,8-9H2,1H3/t11-/m0/s1. The van der Waals surface area contributed by atoms with Crippen LogP contribution in [0.5, 0.6) is 5.75 Å². The maximum atomic E-state index is 14.8. The average molecular weight is 572 g/mol. The van der Waals surface area contributed by atoms with E-state index in [1.807, 2.05) is 22.6 Å². The van der Waals surface area contributed by atoms with Gasteiger partial charge in [-0.25, -0.2) is 17.2 Å². The molecule has 12 heteroatoms. The summed E-state index contributed by atoms with van der Waals surface area (Å²) in [7, 11) is -3.11. The number of ether oxygens (including phenoxy) is 1. The number of anilines is 3. The molecule has 0 amide bonds. The van der Waals surface area contributed by atoms with Gasteiger partial charge in [0.2, 0.25) is 15.8 Å². The molecule has 3 rings (SSSR count). The summed E-state index contributed by atoms with van der Waals surface area (Å²) in [6.07, 6.45) is -1.05. The minimum Gasteiger partial charge on any atom is -0.493 e. The van der Waals surface area contributed by atoms with Crippen molar-refractivity contribution in [3.8, 4) is 5.75 Å². The molecule has 0 unspecified atom stereocenters. The average Bonchev–Trinajstić information content (AvgIpc) is 3.50. The second-order valence-electron chi connectivity index (χ2n) is 7.21. The van der Waals surface area contributed by atoms with E-state index >= 15 is 0 Å². The van der Waals surface area contributed by atoms with Gasteiger partial charge in [-0.1, -0.05) is 0 Å². The zero-order chi connectivity index (χ0) is 23.0. The van der Waals surface area contributed by atoms with Gasteiger partial charge in [0.25, 0.3) is 0 Å². The Morgan fingerprint density at radius 3 is 2.42 bits per heavy atom. The summed E-state index contributed by atoms with van der Waals surface area (Å²) in [6, 6.07) is 4.95. The summed E-state index contributed by atoms with van der Waals surface area (Å²) in [4.78, 5) is 0. The number of benzene rings is 2. The molecule has 0 aromatic heterocycles. The van der Waals surface area contributed by atoms with Crippen LogP contribution < -0.4 is 14.8 Å². The third kappa shape index (κ3) is 4.86. The number of aliphatic hydroxyl groups excluding tert-OH is 2. The number of sulfonamides is 1. The van der Waals surface area contributed by atoms with Gasteiger partial charge in [-0.05, 0) is 60.1 Å². The van der Waals surface area contributed by atoms with Crippen molar-refractivity contribution in [1.82, 2.24) is 0 Å². The summed E-state index contributed by atoms with van der Waals surface area (Å²) in [5, 5.41) is 21.2. The molecule has 0 radical (unpaired) electrons. The number of hydrogen-bond donors (Lipinski definition) is 4. The molecule has 1 aliphatic carbocycles. The number of aliphatic hydroxyl groups is 2. The molecule has 0 saturated heterocycles. The van der Waals surface area contributed by atoms with Crippen molar-refractivity contribution in [3.63, 3.8) is 0 Å². The van der Waals surface area contributed by atoms with Crippen molar-refractivity contribution < 1.29 is 36.5 Å². The van der Waals surface area contributed by atoms with Gasteiger partial charge in [0, 0.05) is 9.64 Å². The highest BCUT2D eigenvalue weighted by Crippen LogP contribution is 2.49. The Bertz CT molecular complexity index is 1100. The fourth-order valence-electron chi connectivity index (χ4n) is 3.15. The molecule has 170 valence electrons. The van der Waals surface area contributed by atoms with Gasteiger partial charge < -0.3 is 20.3 Å². The molecule has 1 atom stereocenters. The van der Waals surface area contributed by atoms with E-state index in [1.54, 1.807) is 0 Å². The third-order valence-electron chi connectivity index (χ3n) is 5.02. The highest BCUT2D eigenvalue weighted by molar-refractivity contribution is 14.1. The van der Waals surface area contributed by atoms with Crippen LogP contribution in [0.3, 0.4) is 0 Å². The summed E-state index contributed by atoms with van der Waals surface area (Å²) >= 11 is 1.88. The summed E-state index contributed by atoms with van der Waals surface area (Å²) in [5.41, 5.74) is -1.21. The molecule has 2 aromatic carbocycles.